The van der Waals surface area contributed by atoms with E-state index in [1.165, 1.54) is 6.07 Å². The third-order valence-corrected chi connectivity index (χ3v) is 2.76. The highest BCUT2D eigenvalue weighted by Crippen LogP contribution is 2.32. The van der Waals surface area contributed by atoms with E-state index in [1.807, 2.05) is 0 Å². The van der Waals surface area contributed by atoms with Gasteiger partial charge in [-0.2, -0.15) is 0 Å². The quantitative estimate of drug-likeness (QED) is 0.852. The largest absolute Gasteiger partial charge is 0.481 e. The summed E-state index contributed by atoms with van der Waals surface area (Å²) in [6, 6.07) is 2.56. The van der Waals surface area contributed by atoms with Gasteiger partial charge < -0.3 is 10.8 Å². The van der Waals surface area contributed by atoms with Gasteiger partial charge in [-0.1, -0.05) is 19.9 Å². The molecule has 0 radical (unpaired) electrons. The molecule has 0 bridgehead atoms. The zero-order chi connectivity index (χ0) is 13.9. The number of halogens is 2. The van der Waals surface area contributed by atoms with Crippen LogP contribution in [-0.2, 0) is 4.79 Å². The van der Waals surface area contributed by atoms with Crippen molar-refractivity contribution in [2.75, 3.05) is 0 Å². The smallest absolute Gasteiger partial charge is 0.303 e. The standard InChI is InChI=1S/C13H17F2NO2/c1-13(2,7-12(17)18)6-11(16)9-4-3-8(14)5-10(9)15/h3-5,11H,6-7,16H2,1-2H3,(H,17,18). The molecule has 0 aliphatic rings. The fraction of sp³-hybridized carbons (Fsp3) is 0.462. The Kier molecular flexibility index (Phi) is 4.40. The zero-order valence-electron chi connectivity index (χ0n) is 10.4. The van der Waals surface area contributed by atoms with Crippen LogP contribution in [0.4, 0.5) is 8.78 Å². The van der Waals surface area contributed by atoms with Crippen LogP contribution in [0.25, 0.3) is 0 Å². The van der Waals surface area contributed by atoms with Crippen molar-refractivity contribution < 1.29 is 18.7 Å². The molecule has 0 aromatic heterocycles. The summed E-state index contributed by atoms with van der Waals surface area (Å²) >= 11 is 0. The molecule has 1 rings (SSSR count). The van der Waals surface area contributed by atoms with Crippen molar-refractivity contribution in [2.45, 2.75) is 32.7 Å². The van der Waals surface area contributed by atoms with Gasteiger partial charge >= 0.3 is 5.97 Å². The highest BCUT2D eigenvalue weighted by atomic mass is 19.1. The van der Waals surface area contributed by atoms with Crippen molar-refractivity contribution in [2.24, 2.45) is 11.1 Å². The maximum Gasteiger partial charge on any atom is 0.303 e. The molecule has 0 aliphatic heterocycles. The average molecular weight is 257 g/mol. The molecule has 0 amide bonds. The highest BCUT2D eigenvalue weighted by Gasteiger charge is 2.26. The molecule has 3 N–H and O–H groups in total. The number of carbonyl (C=O) groups is 1. The topological polar surface area (TPSA) is 63.3 Å². The molecular weight excluding hydrogens is 240 g/mol. The van der Waals surface area contributed by atoms with E-state index in [0.717, 1.165) is 12.1 Å². The third-order valence-electron chi connectivity index (χ3n) is 2.76. The highest BCUT2D eigenvalue weighted by molar-refractivity contribution is 5.67. The van der Waals surface area contributed by atoms with Crippen molar-refractivity contribution in [3.8, 4) is 0 Å². The molecule has 0 aliphatic carbocycles. The minimum absolute atomic E-state index is 0.0521. The summed E-state index contributed by atoms with van der Waals surface area (Å²) in [7, 11) is 0. The molecule has 1 aromatic rings. The molecule has 5 heteroatoms. The van der Waals surface area contributed by atoms with Gasteiger partial charge in [0.15, 0.2) is 0 Å². The Morgan fingerprint density at radius 1 is 1.44 bits per heavy atom. The van der Waals surface area contributed by atoms with Gasteiger partial charge in [0.1, 0.15) is 11.6 Å². The fourth-order valence-corrected chi connectivity index (χ4v) is 1.99. The predicted molar refractivity (Wildman–Crippen MR) is 63.9 cm³/mol. The maximum atomic E-state index is 13.5. The van der Waals surface area contributed by atoms with Crippen LogP contribution in [0, 0.1) is 17.0 Å². The SMILES string of the molecule is CC(C)(CC(=O)O)CC(N)c1ccc(F)cc1F. The van der Waals surface area contributed by atoms with E-state index in [4.69, 9.17) is 10.8 Å². The second-order valence-electron chi connectivity index (χ2n) is 5.21. The van der Waals surface area contributed by atoms with E-state index in [0.29, 0.717) is 6.42 Å². The van der Waals surface area contributed by atoms with Crippen molar-refractivity contribution in [3.63, 3.8) is 0 Å². The monoisotopic (exact) mass is 257 g/mol. The van der Waals surface area contributed by atoms with Gasteiger partial charge in [0.25, 0.3) is 0 Å². The summed E-state index contributed by atoms with van der Waals surface area (Å²) in [6.45, 7) is 3.50. The number of carboxylic acid groups (broad SMARTS) is 1. The van der Waals surface area contributed by atoms with Crippen LogP contribution in [0.3, 0.4) is 0 Å². The van der Waals surface area contributed by atoms with Crippen molar-refractivity contribution in [3.05, 3.63) is 35.4 Å². The number of aliphatic carboxylic acids is 1. The lowest BCUT2D eigenvalue weighted by Crippen LogP contribution is -2.24. The van der Waals surface area contributed by atoms with Gasteiger partial charge in [-0.3, -0.25) is 4.79 Å². The summed E-state index contributed by atoms with van der Waals surface area (Å²) in [5.41, 5.74) is 5.51. The summed E-state index contributed by atoms with van der Waals surface area (Å²) in [5, 5.41) is 8.76. The Bertz CT molecular complexity index is 447. The lowest BCUT2D eigenvalue weighted by Gasteiger charge is -2.26. The predicted octanol–water partition coefficient (Wildman–Crippen LogP) is 2.86. The molecule has 0 saturated carbocycles. The minimum Gasteiger partial charge on any atom is -0.481 e. The average Bonchev–Trinajstić information content (AvgIpc) is 2.13. The van der Waals surface area contributed by atoms with Gasteiger partial charge in [0, 0.05) is 17.7 Å². The van der Waals surface area contributed by atoms with E-state index in [1.54, 1.807) is 13.8 Å². The van der Waals surface area contributed by atoms with Crippen molar-refractivity contribution in [1.82, 2.24) is 0 Å². The molecular formula is C13H17F2NO2. The first-order valence-electron chi connectivity index (χ1n) is 5.63. The van der Waals surface area contributed by atoms with E-state index >= 15 is 0 Å². The maximum absolute atomic E-state index is 13.5. The van der Waals surface area contributed by atoms with Gasteiger partial charge in [0.2, 0.25) is 0 Å². The first-order chi connectivity index (χ1) is 8.21. The second kappa shape index (κ2) is 5.44. The normalized spacial score (nSPS) is 13.4. The van der Waals surface area contributed by atoms with E-state index < -0.39 is 29.1 Å². The van der Waals surface area contributed by atoms with E-state index in [2.05, 4.69) is 0 Å². The molecule has 0 heterocycles. The Balaban J connectivity index is 2.81. The number of hydrogen-bond acceptors (Lipinski definition) is 2. The van der Waals surface area contributed by atoms with Crippen LogP contribution in [-0.4, -0.2) is 11.1 Å². The molecule has 0 saturated heterocycles. The summed E-state index contributed by atoms with van der Waals surface area (Å²) in [5.74, 6) is -2.28. The number of benzene rings is 1. The first-order valence-corrected chi connectivity index (χ1v) is 5.63. The minimum atomic E-state index is -0.924. The molecule has 1 atom stereocenters. The lowest BCUT2D eigenvalue weighted by molar-refractivity contribution is -0.139. The van der Waals surface area contributed by atoms with Crippen LogP contribution >= 0.6 is 0 Å². The van der Waals surface area contributed by atoms with Crippen LogP contribution in [0.2, 0.25) is 0 Å². The molecule has 0 fully saturated rings. The Labute approximate surface area is 105 Å². The molecule has 100 valence electrons. The number of carboxylic acids is 1. The Morgan fingerprint density at radius 3 is 2.56 bits per heavy atom. The van der Waals surface area contributed by atoms with Gasteiger partial charge in [-0.15, -0.1) is 0 Å². The van der Waals surface area contributed by atoms with E-state index in [-0.39, 0.29) is 12.0 Å². The number of nitrogens with two attached hydrogens (primary N) is 1. The zero-order valence-corrected chi connectivity index (χ0v) is 10.4. The third kappa shape index (κ3) is 4.07. The van der Waals surface area contributed by atoms with E-state index in [9.17, 15) is 13.6 Å². The number of rotatable bonds is 5. The molecule has 0 spiro atoms. The molecule has 3 nitrogen and oxygen atoms in total. The molecule has 18 heavy (non-hydrogen) atoms. The summed E-state index contributed by atoms with van der Waals surface area (Å²) in [4.78, 5) is 10.7. The van der Waals surface area contributed by atoms with Gasteiger partial charge in [-0.25, -0.2) is 8.78 Å². The second-order valence-corrected chi connectivity index (χ2v) is 5.21. The van der Waals surface area contributed by atoms with Crippen LogP contribution < -0.4 is 5.73 Å². The summed E-state index contributed by atoms with van der Waals surface area (Å²) in [6.07, 6.45) is 0.255. The first kappa shape index (κ1) is 14.6. The van der Waals surface area contributed by atoms with Crippen LogP contribution in [0.5, 0.6) is 0 Å². The number of hydrogen-bond donors (Lipinski definition) is 2. The van der Waals surface area contributed by atoms with Crippen molar-refractivity contribution >= 4 is 5.97 Å². The Hall–Kier alpha value is -1.49. The molecule has 1 unspecified atom stereocenters. The fourth-order valence-electron chi connectivity index (χ4n) is 1.99. The van der Waals surface area contributed by atoms with Crippen molar-refractivity contribution in [1.29, 1.82) is 0 Å². The Morgan fingerprint density at radius 2 is 2.06 bits per heavy atom. The van der Waals surface area contributed by atoms with Crippen LogP contribution in [0.15, 0.2) is 18.2 Å². The van der Waals surface area contributed by atoms with Crippen LogP contribution in [0.1, 0.15) is 38.3 Å². The van der Waals surface area contributed by atoms with Gasteiger partial charge in [-0.05, 0) is 17.9 Å². The van der Waals surface area contributed by atoms with Gasteiger partial charge in [0.05, 0.1) is 6.42 Å². The lowest BCUT2D eigenvalue weighted by atomic mass is 9.81. The molecule has 1 aromatic carbocycles. The summed E-state index contributed by atoms with van der Waals surface area (Å²) < 4.78 is 26.3.